The van der Waals surface area contributed by atoms with Crippen molar-refractivity contribution in [1.29, 1.82) is 0 Å². The fraction of sp³-hybridized carbons (Fsp3) is 0.364. The summed E-state index contributed by atoms with van der Waals surface area (Å²) in [4.78, 5) is 11.4. The predicted molar refractivity (Wildman–Crippen MR) is 113 cm³/mol. The van der Waals surface area contributed by atoms with Gasteiger partial charge in [0.25, 0.3) is 0 Å². The highest BCUT2D eigenvalue weighted by molar-refractivity contribution is 5.62. The minimum absolute atomic E-state index is 0.589. The van der Waals surface area contributed by atoms with Crippen molar-refractivity contribution in [3.63, 3.8) is 0 Å². The normalized spacial score (nSPS) is 14.9. The molecule has 1 aromatic carbocycles. The lowest BCUT2D eigenvalue weighted by Gasteiger charge is -2.32. The van der Waals surface area contributed by atoms with Crippen LogP contribution in [-0.4, -0.2) is 23.1 Å². The molecule has 1 aliphatic heterocycles. The number of hydrogen-bond acceptors (Lipinski definition) is 6. The van der Waals surface area contributed by atoms with E-state index in [0.29, 0.717) is 12.4 Å². The van der Waals surface area contributed by atoms with Gasteiger partial charge in [0, 0.05) is 30.5 Å². The molecule has 4 rings (SSSR count). The van der Waals surface area contributed by atoms with Gasteiger partial charge in [-0.1, -0.05) is 6.92 Å². The molecule has 0 spiro atoms. The molecule has 6 nitrogen and oxygen atoms in total. The summed E-state index contributed by atoms with van der Waals surface area (Å²) < 4.78 is 5.35. The van der Waals surface area contributed by atoms with E-state index in [2.05, 4.69) is 56.7 Å². The van der Waals surface area contributed by atoms with E-state index >= 15 is 0 Å². The Bertz CT molecular complexity index is 884. The molecule has 3 heterocycles. The lowest BCUT2D eigenvalue weighted by atomic mass is 9.99. The largest absolute Gasteiger partial charge is 0.467 e. The summed E-state index contributed by atoms with van der Waals surface area (Å²) in [6.45, 7) is 7.11. The van der Waals surface area contributed by atoms with Crippen molar-refractivity contribution < 1.29 is 4.42 Å². The fourth-order valence-corrected chi connectivity index (χ4v) is 3.48. The summed E-state index contributed by atoms with van der Waals surface area (Å²) in [5.74, 6) is 3.97. The van der Waals surface area contributed by atoms with E-state index in [-0.39, 0.29) is 0 Å². The van der Waals surface area contributed by atoms with E-state index < -0.39 is 0 Å². The van der Waals surface area contributed by atoms with Crippen LogP contribution in [0.5, 0.6) is 0 Å². The summed E-state index contributed by atoms with van der Waals surface area (Å²) in [5, 5.41) is 6.66. The Morgan fingerprint density at radius 2 is 1.82 bits per heavy atom. The van der Waals surface area contributed by atoms with Gasteiger partial charge < -0.3 is 20.0 Å². The molecular weight excluding hydrogens is 350 g/mol. The summed E-state index contributed by atoms with van der Waals surface area (Å²) in [6, 6.07) is 14.3. The van der Waals surface area contributed by atoms with Crippen LogP contribution >= 0.6 is 0 Å². The Hall–Kier alpha value is -3.02. The van der Waals surface area contributed by atoms with Gasteiger partial charge in [-0.2, -0.15) is 0 Å². The zero-order valence-corrected chi connectivity index (χ0v) is 16.5. The summed E-state index contributed by atoms with van der Waals surface area (Å²) in [6.07, 6.45) is 4.21. The quantitative estimate of drug-likeness (QED) is 0.632. The molecule has 146 valence electrons. The van der Waals surface area contributed by atoms with Crippen molar-refractivity contribution in [2.24, 2.45) is 5.92 Å². The maximum absolute atomic E-state index is 5.35. The van der Waals surface area contributed by atoms with Crippen LogP contribution in [-0.2, 0) is 6.54 Å². The van der Waals surface area contributed by atoms with Crippen molar-refractivity contribution in [3.8, 4) is 0 Å². The second-order valence-electron chi connectivity index (χ2n) is 7.46. The Morgan fingerprint density at radius 1 is 1.07 bits per heavy atom. The van der Waals surface area contributed by atoms with Crippen LogP contribution in [0.3, 0.4) is 0 Å². The van der Waals surface area contributed by atoms with Crippen LogP contribution in [0.1, 0.15) is 31.4 Å². The first-order chi connectivity index (χ1) is 13.7. The maximum atomic E-state index is 5.35. The molecule has 0 unspecified atom stereocenters. The van der Waals surface area contributed by atoms with Crippen LogP contribution in [0.4, 0.5) is 23.0 Å². The Labute approximate surface area is 166 Å². The predicted octanol–water partition coefficient (Wildman–Crippen LogP) is 4.97. The van der Waals surface area contributed by atoms with E-state index in [4.69, 9.17) is 4.42 Å². The van der Waals surface area contributed by atoms with Crippen LogP contribution < -0.4 is 15.5 Å². The Balaban J connectivity index is 1.40. The Morgan fingerprint density at radius 3 is 2.54 bits per heavy atom. The fourth-order valence-electron chi connectivity index (χ4n) is 3.48. The number of rotatable bonds is 6. The van der Waals surface area contributed by atoms with Gasteiger partial charge in [0.2, 0.25) is 0 Å². The number of anilines is 4. The molecule has 0 saturated carbocycles. The molecule has 28 heavy (non-hydrogen) atoms. The first-order valence-corrected chi connectivity index (χ1v) is 9.90. The number of hydrogen-bond donors (Lipinski definition) is 2. The first-order valence-electron chi connectivity index (χ1n) is 9.90. The third-order valence-corrected chi connectivity index (χ3v) is 5.15. The second kappa shape index (κ2) is 8.33. The number of aryl methyl sites for hydroxylation is 1. The minimum Gasteiger partial charge on any atom is -0.467 e. The van der Waals surface area contributed by atoms with Gasteiger partial charge >= 0.3 is 0 Å². The van der Waals surface area contributed by atoms with Crippen molar-refractivity contribution in [2.75, 3.05) is 28.6 Å². The van der Waals surface area contributed by atoms with Gasteiger partial charge in [-0.15, -0.1) is 0 Å². The Kier molecular flexibility index (Phi) is 5.46. The highest BCUT2D eigenvalue weighted by atomic mass is 16.3. The van der Waals surface area contributed by atoms with Crippen molar-refractivity contribution >= 4 is 23.0 Å². The number of nitrogens with zero attached hydrogens (tertiary/aromatic N) is 3. The average Bonchev–Trinajstić information content (AvgIpc) is 3.21. The molecule has 0 aliphatic carbocycles. The number of piperidine rings is 1. The highest BCUT2D eigenvalue weighted by Gasteiger charge is 2.15. The van der Waals surface area contributed by atoms with Crippen LogP contribution in [0.2, 0.25) is 0 Å². The lowest BCUT2D eigenvalue weighted by molar-refractivity contribution is 0.438. The third kappa shape index (κ3) is 4.63. The smallest absolute Gasteiger partial charge is 0.136 e. The molecule has 0 bridgehead atoms. The SMILES string of the molecule is Cc1nc(NCc2ccco2)cc(Nc2ccc(N3CCC(C)CC3)cc2)n1. The van der Waals surface area contributed by atoms with E-state index in [1.807, 2.05) is 25.1 Å². The molecule has 0 radical (unpaired) electrons. The molecule has 1 fully saturated rings. The van der Waals surface area contributed by atoms with Gasteiger partial charge in [-0.25, -0.2) is 9.97 Å². The zero-order valence-electron chi connectivity index (χ0n) is 16.5. The molecule has 2 aromatic heterocycles. The van der Waals surface area contributed by atoms with Gasteiger partial charge in [-0.05, 0) is 62.1 Å². The molecule has 0 atom stereocenters. The minimum atomic E-state index is 0.589. The van der Waals surface area contributed by atoms with Crippen LogP contribution in [0.15, 0.2) is 53.1 Å². The lowest BCUT2D eigenvalue weighted by Crippen LogP contribution is -2.32. The monoisotopic (exact) mass is 377 g/mol. The van der Waals surface area contributed by atoms with Gasteiger partial charge in [0.05, 0.1) is 12.8 Å². The number of nitrogens with one attached hydrogen (secondary N) is 2. The van der Waals surface area contributed by atoms with Gasteiger partial charge in [0.15, 0.2) is 0 Å². The molecule has 2 N–H and O–H groups in total. The molecule has 3 aromatic rings. The van der Waals surface area contributed by atoms with Crippen molar-refractivity contribution in [1.82, 2.24) is 9.97 Å². The van der Waals surface area contributed by atoms with Crippen LogP contribution in [0, 0.1) is 12.8 Å². The van der Waals surface area contributed by atoms with Gasteiger partial charge in [-0.3, -0.25) is 0 Å². The number of benzene rings is 1. The second-order valence-corrected chi connectivity index (χ2v) is 7.46. The molecular formula is C22H27N5O. The highest BCUT2D eigenvalue weighted by Crippen LogP contribution is 2.25. The summed E-state index contributed by atoms with van der Waals surface area (Å²) in [5.41, 5.74) is 2.31. The summed E-state index contributed by atoms with van der Waals surface area (Å²) >= 11 is 0. The van der Waals surface area contributed by atoms with Crippen LogP contribution in [0.25, 0.3) is 0 Å². The van der Waals surface area contributed by atoms with Gasteiger partial charge in [0.1, 0.15) is 23.2 Å². The van der Waals surface area contributed by atoms with Crippen molar-refractivity contribution in [3.05, 3.63) is 60.3 Å². The summed E-state index contributed by atoms with van der Waals surface area (Å²) in [7, 11) is 0. The standard InChI is InChI=1S/C22H27N5O/c1-16-9-11-27(12-10-16)19-7-5-18(6-8-19)26-22-14-21(24-17(2)25-22)23-15-20-4-3-13-28-20/h3-8,13-14,16H,9-12,15H2,1-2H3,(H2,23,24,25,26). The first kappa shape index (κ1) is 18.3. The molecule has 6 heteroatoms. The van der Waals surface area contributed by atoms with E-state index in [1.54, 1.807) is 6.26 Å². The topological polar surface area (TPSA) is 66.2 Å². The molecule has 1 saturated heterocycles. The van der Waals surface area contributed by atoms with E-state index in [0.717, 1.165) is 42.1 Å². The zero-order chi connectivity index (χ0) is 19.3. The maximum Gasteiger partial charge on any atom is 0.136 e. The third-order valence-electron chi connectivity index (χ3n) is 5.15. The van der Waals surface area contributed by atoms with E-state index in [1.165, 1.54) is 18.5 Å². The van der Waals surface area contributed by atoms with Crippen molar-refractivity contribution in [2.45, 2.75) is 33.2 Å². The molecule has 1 aliphatic rings. The number of aromatic nitrogens is 2. The molecule has 0 amide bonds. The van der Waals surface area contributed by atoms with E-state index in [9.17, 15) is 0 Å². The number of furan rings is 1. The average molecular weight is 377 g/mol.